The van der Waals surface area contributed by atoms with Crippen LogP contribution in [0.5, 0.6) is 0 Å². The molecule has 1 aliphatic rings. The molecule has 1 unspecified atom stereocenters. The Hall–Kier alpha value is -0.790. The Bertz CT molecular complexity index is 473. The number of carbonyl (C=O) groups is 1. The molecule has 1 N–H and O–H groups in total. The fourth-order valence-corrected chi connectivity index (χ4v) is 3.79. The molecule has 1 heterocycles. The highest BCUT2D eigenvalue weighted by Gasteiger charge is 2.17. The molecule has 1 atom stereocenters. The van der Waals surface area contributed by atoms with Crippen molar-refractivity contribution in [2.75, 3.05) is 5.75 Å². The Morgan fingerprint density at radius 3 is 3.13 bits per heavy atom. The van der Waals surface area contributed by atoms with Gasteiger partial charge in [-0.25, -0.2) is 0 Å². The lowest BCUT2D eigenvalue weighted by Crippen LogP contribution is -1.98. The van der Waals surface area contributed by atoms with Crippen LogP contribution < -0.4 is 0 Å². The molecule has 2 rings (SSSR count). The van der Waals surface area contributed by atoms with Gasteiger partial charge in [0.15, 0.2) is 0 Å². The molecule has 0 aromatic heterocycles. The second-order valence-electron chi connectivity index (χ2n) is 2.72. The van der Waals surface area contributed by atoms with Gasteiger partial charge in [0.05, 0.1) is 20.3 Å². The van der Waals surface area contributed by atoms with Gasteiger partial charge in [-0.3, -0.25) is 4.79 Å². The highest BCUT2D eigenvalue weighted by molar-refractivity contribution is 8.28. The van der Waals surface area contributed by atoms with Gasteiger partial charge >= 0.3 is 5.97 Å². The summed E-state index contributed by atoms with van der Waals surface area (Å²) in [6.07, 6.45) is 0. The molecular weight excluding hydrogens is 252 g/mol. The number of thioether (sulfide) groups is 1. The molecule has 0 bridgehead atoms. The maximum absolute atomic E-state index is 10.5. The zero-order chi connectivity index (χ0) is 10.8. The molecule has 0 aliphatic carbocycles. The summed E-state index contributed by atoms with van der Waals surface area (Å²) in [6, 6.07) is 5.53. The van der Waals surface area contributed by atoms with Gasteiger partial charge in [0.1, 0.15) is 5.69 Å². The summed E-state index contributed by atoms with van der Waals surface area (Å²) in [4.78, 5) is 12.2. The van der Waals surface area contributed by atoms with Gasteiger partial charge in [-0.05, 0) is 23.3 Å². The van der Waals surface area contributed by atoms with Crippen molar-refractivity contribution >= 4 is 44.2 Å². The molecule has 0 saturated carbocycles. The summed E-state index contributed by atoms with van der Waals surface area (Å²) >= 11 is 6.39. The molecule has 7 heteroatoms. The average Bonchev–Trinajstić information content (AvgIpc) is 2.58. The fourth-order valence-electron chi connectivity index (χ4n) is 1.13. The summed E-state index contributed by atoms with van der Waals surface area (Å²) in [7, 11) is -0.646. The summed E-state index contributed by atoms with van der Waals surface area (Å²) in [5.41, 5.74) is 0.767. The summed E-state index contributed by atoms with van der Waals surface area (Å²) in [5, 5.41) is 12.5. The van der Waals surface area contributed by atoms with E-state index in [1.807, 2.05) is 18.2 Å². The second kappa shape index (κ2) is 4.38. The van der Waals surface area contributed by atoms with Crippen molar-refractivity contribution in [1.29, 1.82) is 0 Å². The van der Waals surface area contributed by atoms with E-state index in [4.69, 9.17) is 16.3 Å². The van der Waals surface area contributed by atoms with Crippen molar-refractivity contribution in [2.24, 2.45) is 9.63 Å². The molecule has 0 spiro atoms. The summed E-state index contributed by atoms with van der Waals surface area (Å²) in [6.45, 7) is 0. The van der Waals surface area contributed by atoms with Gasteiger partial charge in [-0.1, -0.05) is 6.07 Å². The minimum atomic E-state index is -0.839. The van der Waals surface area contributed by atoms with Crippen LogP contribution in [-0.2, 0) is 25.6 Å². The predicted octanol–water partition coefficient (Wildman–Crippen LogP) is 2.31. The Labute approximate surface area is 97.5 Å². The minimum absolute atomic E-state index is 0.0307. The number of benzene rings is 1. The first kappa shape index (κ1) is 10.7. The van der Waals surface area contributed by atoms with Crippen molar-refractivity contribution in [3.63, 3.8) is 0 Å². The van der Waals surface area contributed by atoms with Crippen LogP contribution in [0, 0.1) is 0 Å². The summed E-state index contributed by atoms with van der Waals surface area (Å²) < 4.78 is 3.90. The normalized spacial score (nSPS) is 17.7. The SMILES string of the molecule is O=C(O)CSc1cccc2c1S(=S)N=N2. The first-order valence-electron chi connectivity index (χ1n) is 4.00. The first-order valence-corrected chi connectivity index (χ1v) is 7.09. The van der Waals surface area contributed by atoms with Crippen LogP contribution in [0.15, 0.2) is 37.6 Å². The van der Waals surface area contributed by atoms with Crippen molar-refractivity contribution in [2.45, 2.75) is 9.79 Å². The number of aliphatic carboxylic acids is 1. The highest BCUT2D eigenvalue weighted by Crippen LogP contribution is 2.37. The maximum atomic E-state index is 10.5. The lowest BCUT2D eigenvalue weighted by Gasteiger charge is -2.03. The van der Waals surface area contributed by atoms with Gasteiger partial charge in [-0.15, -0.1) is 21.4 Å². The standard InChI is InChI=1S/C8H6N2O2S3/c11-7(12)4-14-6-3-1-2-5-8(6)15(13)10-9-5/h1-3H,4H2,(H,11,12). The zero-order valence-corrected chi connectivity index (χ0v) is 9.86. The van der Waals surface area contributed by atoms with Gasteiger partial charge in [0.25, 0.3) is 0 Å². The van der Waals surface area contributed by atoms with E-state index >= 15 is 0 Å². The topological polar surface area (TPSA) is 62.0 Å². The van der Waals surface area contributed by atoms with Crippen molar-refractivity contribution in [3.05, 3.63) is 18.2 Å². The van der Waals surface area contributed by atoms with E-state index in [2.05, 4.69) is 9.63 Å². The average molecular weight is 258 g/mol. The number of carboxylic acids is 1. The van der Waals surface area contributed by atoms with E-state index in [-0.39, 0.29) is 5.75 Å². The molecule has 1 aromatic carbocycles. The lowest BCUT2D eigenvalue weighted by atomic mass is 10.3. The van der Waals surface area contributed by atoms with Gasteiger partial charge in [0.2, 0.25) is 0 Å². The second-order valence-corrected chi connectivity index (χ2v) is 5.75. The predicted molar refractivity (Wildman–Crippen MR) is 62.3 cm³/mol. The van der Waals surface area contributed by atoms with Gasteiger partial charge < -0.3 is 5.11 Å². The van der Waals surface area contributed by atoms with E-state index < -0.39 is 15.6 Å². The van der Waals surface area contributed by atoms with Gasteiger partial charge in [-0.2, -0.15) is 0 Å². The van der Waals surface area contributed by atoms with Gasteiger partial charge in [0, 0.05) is 4.90 Å². The van der Waals surface area contributed by atoms with Crippen molar-refractivity contribution in [3.8, 4) is 0 Å². The Morgan fingerprint density at radius 1 is 1.60 bits per heavy atom. The Balaban J connectivity index is 2.30. The molecule has 0 fully saturated rings. The number of nitrogens with zero attached hydrogens (tertiary/aromatic N) is 2. The van der Waals surface area contributed by atoms with Crippen LogP contribution in [-0.4, -0.2) is 16.8 Å². The van der Waals surface area contributed by atoms with Crippen LogP contribution in [0.4, 0.5) is 5.69 Å². The van der Waals surface area contributed by atoms with E-state index in [1.54, 1.807) is 0 Å². The Morgan fingerprint density at radius 2 is 2.40 bits per heavy atom. The number of fused-ring (bicyclic) bond motifs is 1. The Kier molecular flexibility index (Phi) is 3.13. The molecule has 78 valence electrons. The van der Waals surface area contributed by atoms with E-state index in [0.29, 0.717) is 0 Å². The first-order chi connectivity index (χ1) is 7.18. The maximum Gasteiger partial charge on any atom is 0.313 e. The number of carboxylic acid groups (broad SMARTS) is 1. The molecule has 4 nitrogen and oxygen atoms in total. The van der Waals surface area contributed by atoms with Crippen molar-refractivity contribution in [1.82, 2.24) is 0 Å². The quantitative estimate of drug-likeness (QED) is 0.845. The van der Waals surface area contributed by atoms with Crippen LogP contribution >= 0.6 is 11.8 Å². The molecule has 1 aromatic rings. The van der Waals surface area contributed by atoms with Crippen LogP contribution in [0.25, 0.3) is 0 Å². The molecular formula is C8H6N2O2S3. The zero-order valence-electron chi connectivity index (χ0n) is 7.41. The molecule has 0 radical (unpaired) electrons. The summed E-state index contributed by atoms with van der Waals surface area (Å²) in [5.74, 6) is -0.808. The third-order valence-corrected chi connectivity index (χ3v) is 4.59. The number of hydrogen-bond acceptors (Lipinski definition) is 4. The van der Waals surface area contributed by atoms with Crippen LogP contribution in [0.1, 0.15) is 0 Å². The smallest absolute Gasteiger partial charge is 0.313 e. The van der Waals surface area contributed by atoms with E-state index in [1.165, 1.54) is 11.8 Å². The molecule has 0 amide bonds. The lowest BCUT2D eigenvalue weighted by molar-refractivity contribution is -0.133. The monoisotopic (exact) mass is 258 g/mol. The third kappa shape index (κ3) is 2.24. The van der Waals surface area contributed by atoms with Crippen LogP contribution in [0.2, 0.25) is 0 Å². The number of rotatable bonds is 3. The van der Waals surface area contributed by atoms with E-state index in [0.717, 1.165) is 15.5 Å². The third-order valence-electron chi connectivity index (χ3n) is 1.71. The molecule has 0 saturated heterocycles. The minimum Gasteiger partial charge on any atom is -0.481 e. The fraction of sp³-hybridized carbons (Fsp3) is 0.125. The van der Waals surface area contributed by atoms with E-state index in [9.17, 15) is 4.79 Å². The number of hydrogen-bond donors (Lipinski definition) is 1. The molecule has 15 heavy (non-hydrogen) atoms. The highest BCUT2D eigenvalue weighted by atomic mass is 32.8. The molecule has 1 aliphatic heterocycles. The van der Waals surface area contributed by atoms with Crippen LogP contribution in [0.3, 0.4) is 0 Å². The van der Waals surface area contributed by atoms with Crippen molar-refractivity contribution < 1.29 is 9.90 Å². The largest absolute Gasteiger partial charge is 0.481 e.